The summed E-state index contributed by atoms with van der Waals surface area (Å²) in [6.07, 6.45) is 0.375. The van der Waals surface area contributed by atoms with Gasteiger partial charge < -0.3 is 23.8 Å². The van der Waals surface area contributed by atoms with E-state index in [0.717, 1.165) is 0 Å². The molecule has 1 atom stereocenters. The quantitative estimate of drug-likeness (QED) is 0.471. The van der Waals surface area contributed by atoms with Gasteiger partial charge in [0.15, 0.2) is 0 Å². The molecule has 1 aromatic heterocycles. The highest BCUT2D eigenvalue weighted by Crippen LogP contribution is 2.26. The number of carbonyl (C=O) groups is 2. The highest BCUT2D eigenvalue weighted by Gasteiger charge is 2.28. The molecule has 1 fully saturated rings. The smallest absolute Gasteiger partial charge is 0.417 e. The molecule has 11 heteroatoms. The zero-order valence-corrected chi connectivity index (χ0v) is 21.6. The van der Waals surface area contributed by atoms with Gasteiger partial charge in [-0.25, -0.2) is 14.3 Å². The first-order valence-electron chi connectivity index (χ1n) is 11.8. The fraction of sp³-hybridized carbons (Fsp3) is 0.346. The van der Waals surface area contributed by atoms with Crippen molar-refractivity contribution in [2.24, 2.45) is 0 Å². The van der Waals surface area contributed by atoms with Crippen LogP contribution in [0.15, 0.2) is 60.8 Å². The second-order valence-corrected chi connectivity index (χ2v) is 9.73. The molecule has 10 nitrogen and oxygen atoms in total. The molecule has 1 unspecified atom stereocenters. The van der Waals surface area contributed by atoms with Gasteiger partial charge in [0.25, 0.3) is 0 Å². The van der Waals surface area contributed by atoms with Crippen molar-refractivity contribution in [3.8, 4) is 17.3 Å². The number of nitrogens with one attached hydrogen (secondary N) is 1. The van der Waals surface area contributed by atoms with E-state index in [1.165, 1.54) is 0 Å². The van der Waals surface area contributed by atoms with Crippen LogP contribution in [0.4, 0.5) is 15.3 Å². The lowest BCUT2D eigenvalue weighted by Crippen LogP contribution is -2.49. The Morgan fingerprint density at radius 2 is 1.95 bits per heavy atom. The van der Waals surface area contributed by atoms with Crippen molar-refractivity contribution in [2.75, 3.05) is 31.6 Å². The van der Waals surface area contributed by atoms with Crippen molar-refractivity contribution in [2.45, 2.75) is 32.5 Å². The predicted molar refractivity (Wildman–Crippen MR) is 138 cm³/mol. The van der Waals surface area contributed by atoms with E-state index in [2.05, 4.69) is 10.4 Å². The molecule has 0 radical (unpaired) electrons. The average Bonchev–Trinajstić information content (AvgIpc) is 3.33. The number of anilines is 1. The number of amides is 2. The van der Waals surface area contributed by atoms with Crippen LogP contribution in [0.1, 0.15) is 20.8 Å². The number of ether oxygens (including phenoxy) is 4. The number of rotatable bonds is 6. The minimum Gasteiger partial charge on any atom is -0.474 e. The van der Waals surface area contributed by atoms with Gasteiger partial charge in [-0.15, -0.1) is 5.10 Å². The van der Waals surface area contributed by atoms with E-state index in [-0.39, 0.29) is 18.8 Å². The summed E-state index contributed by atoms with van der Waals surface area (Å²) < 4.78 is 23.8. The summed E-state index contributed by atoms with van der Waals surface area (Å²) in [7, 11) is 0. The van der Waals surface area contributed by atoms with Crippen LogP contribution in [-0.4, -0.2) is 64.9 Å². The molecule has 1 N–H and O–H groups in total. The van der Waals surface area contributed by atoms with Crippen molar-refractivity contribution in [1.29, 1.82) is 0 Å². The van der Waals surface area contributed by atoms with Crippen molar-refractivity contribution >= 4 is 29.5 Å². The number of nitrogens with zero attached hydrogens (tertiary/aromatic N) is 3. The van der Waals surface area contributed by atoms with Gasteiger partial charge in [0.05, 0.1) is 29.5 Å². The molecular formula is C26H29ClN4O6. The van der Waals surface area contributed by atoms with Crippen LogP contribution in [0, 0.1) is 0 Å². The number of hydrogen-bond donors (Lipinski definition) is 1. The Balaban J connectivity index is 1.33. The second-order valence-electron chi connectivity index (χ2n) is 9.32. The number of benzene rings is 2. The number of para-hydroxylation sites is 1. The van der Waals surface area contributed by atoms with Gasteiger partial charge >= 0.3 is 12.2 Å². The van der Waals surface area contributed by atoms with E-state index < -0.39 is 11.7 Å². The third kappa shape index (κ3) is 7.61. The summed E-state index contributed by atoms with van der Waals surface area (Å²) in [5.74, 6) is 0.795. The third-order valence-electron chi connectivity index (χ3n) is 5.18. The maximum atomic E-state index is 12.4. The number of aromatic nitrogens is 2. The average molecular weight is 529 g/mol. The van der Waals surface area contributed by atoms with Gasteiger partial charge in [0.1, 0.15) is 24.1 Å². The molecule has 2 heterocycles. The number of halogens is 1. The van der Waals surface area contributed by atoms with E-state index in [4.69, 9.17) is 30.5 Å². The van der Waals surface area contributed by atoms with E-state index in [9.17, 15) is 9.59 Å². The molecule has 4 rings (SSSR count). The van der Waals surface area contributed by atoms with Crippen LogP contribution in [0.3, 0.4) is 0 Å². The molecule has 2 amide bonds. The summed E-state index contributed by atoms with van der Waals surface area (Å²) in [5.41, 5.74) is 0.461. The van der Waals surface area contributed by atoms with Crippen LogP contribution < -0.4 is 14.8 Å². The maximum Gasteiger partial charge on any atom is 0.417 e. The lowest BCUT2D eigenvalue weighted by atomic mass is 10.2. The largest absolute Gasteiger partial charge is 0.474 e. The molecule has 0 aliphatic carbocycles. The topological polar surface area (TPSA) is 104 Å². The van der Waals surface area contributed by atoms with Crippen molar-refractivity contribution in [3.63, 3.8) is 0 Å². The molecule has 2 aromatic carbocycles. The summed E-state index contributed by atoms with van der Waals surface area (Å²) in [4.78, 5) is 26.2. The molecule has 1 aliphatic rings. The molecule has 0 bridgehead atoms. The molecule has 1 saturated heterocycles. The van der Waals surface area contributed by atoms with E-state index in [0.29, 0.717) is 47.7 Å². The first kappa shape index (κ1) is 26.3. The zero-order chi connectivity index (χ0) is 26.4. The van der Waals surface area contributed by atoms with Gasteiger partial charge in [-0.05, 0) is 51.1 Å². The zero-order valence-electron chi connectivity index (χ0n) is 20.8. The van der Waals surface area contributed by atoms with Crippen molar-refractivity contribution < 1.29 is 28.5 Å². The second kappa shape index (κ2) is 11.5. The van der Waals surface area contributed by atoms with Gasteiger partial charge in [-0.1, -0.05) is 29.8 Å². The fourth-order valence-electron chi connectivity index (χ4n) is 3.50. The maximum absolute atomic E-state index is 12.4. The monoisotopic (exact) mass is 528 g/mol. The number of morpholine rings is 1. The molecular weight excluding hydrogens is 500 g/mol. The molecule has 3 aromatic rings. The lowest BCUT2D eigenvalue weighted by molar-refractivity contribution is -0.0561. The SMILES string of the molecule is CC(C)(C)OC(=O)N1CCOC(COc2ccn(-c3ccc(Cl)c(NC(=O)Oc4ccccc4)c3)n2)C1. The summed E-state index contributed by atoms with van der Waals surface area (Å²) >= 11 is 6.27. The Morgan fingerprint density at radius 1 is 1.16 bits per heavy atom. The van der Waals surface area contributed by atoms with Crippen LogP contribution >= 0.6 is 11.6 Å². The highest BCUT2D eigenvalue weighted by atomic mass is 35.5. The summed E-state index contributed by atoms with van der Waals surface area (Å²) in [6.45, 7) is 6.94. The first-order valence-corrected chi connectivity index (χ1v) is 12.2. The number of carbonyl (C=O) groups excluding carboxylic acids is 2. The fourth-order valence-corrected chi connectivity index (χ4v) is 3.67. The van der Waals surface area contributed by atoms with Crippen LogP contribution in [0.5, 0.6) is 11.6 Å². The Hall–Kier alpha value is -3.76. The van der Waals surface area contributed by atoms with Crippen molar-refractivity contribution in [3.05, 3.63) is 65.8 Å². The van der Waals surface area contributed by atoms with E-state index in [1.54, 1.807) is 64.3 Å². The highest BCUT2D eigenvalue weighted by molar-refractivity contribution is 6.33. The molecule has 196 valence electrons. The molecule has 0 spiro atoms. The normalized spacial score (nSPS) is 15.7. The van der Waals surface area contributed by atoms with Gasteiger partial charge in [0, 0.05) is 18.8 Å². The third-order valence-corrected chi connectivity index (χ3v) is 5.51. The molecule has 0 saturated carbocycles. The van der Waals surface area contributed by atoms with Gasteiger partial charge in [-0.3, -0.25) is 5.32 Å². The standard InChI is InChI=1S/C26H29ClN4O6/c1-26(2,3)37-25(33)30-13-14-34-20(16-30)17-35-23-11-12-31(29-23)18-9-10-21(27)22(15-18)28-24(32)36-19-7-5-4-6-8-19/h4-12,15,20H,13-14,16-17H2,1-3H3,(H,28,32). The van der Waals surface area contributed by atoms with Crippen molar-refractivity contribution in [1.82, 2.24) is 14.7 Å². The number of hydrogen-bond acceptors (Lipinski definition) is 7. The Kier molecular flexibility index (Phi) is 8.20. The van der Waals surface area contributed by atoms with Crippen LogP contribution in [0.25, 0.3) is 5.69 Å². The minimum absolute atomic E-state index is 0.217. The molecule has 1 aliphatic heterocycles. The Labute approximate surface area is 220 Å². The summed E-state index contributed by atoms with van der Waals surface area (Å²) in [5, 5.41) is 7.43. The van der Waals surface area contributed by atoms with E-state index in [1.807, 2.05) is 26.8 Å². The lowest BCUT2D eigenvalue weighted by Gasteiger charge is -2.33. The Morgan fingerprint density at radius 3 is 2.70 bits per heavy atom. The Bertz CT molecular complexity index is 1230. The minimum atomic E-state index is -0.664. The van der Waals surface area contributed by atoms with E-state index >= 15 is 0 Å². The van der Waals surface area contributed by atoms with Gasteiger partial charge in [-0.2, -0.15) is 0 Å². The van der Waals surface area contributed by atoms with Crippen LogP contribution in [0.2, 0.25) is 5.02 Å². The van der Waals surface area contributed by atoms with Gasteiger partial charge in [0.2, 0.25) is 5.88 Å². The summed E-state index contributed by atoms with van der Waals surface area (Å²) in [6, 6.07) is 15.5. The molecule has 37 heavy (non-hydrogen) atoms. The van der Waals surface area contributed by atoms with Crippen LogP contribution in [-0.2, 0) is 9.47 Å². The first-order chi connectivity index (χ1) is 17.7. The predicted octanol–water partition coefficient (Wildman–Crippen LogP) is 5.15.